The first-order valence-corrected chi connectivity index (χ1v) is 6.96. The van der Waals surface area contributed by atoms with E-state index in [4.69, 9.17) is 21.1 Å². The zero-order chi connectivity index (χ0) is 13.9. The van der Waals surface area contributed by atoms with Crippen LogP contribution in [0.15, 0.2) is 34.7 Å². The number of fused-ring (bicyclic) bond motifs is 1. The first-order valence-electron chi connectivity index (χ1n) is 5.70. The molecule has 0 fully saturated rings. The van der Waals surface area contributed by atoms with Gasteiger partial charge in [-0.3, -0.25) is 4.79 Å². The third-order valence-corrected chi connectivity index (χ3v) is 3.72. The second kappa shape index (κ2) is 5.52. The molecular formula is C13H9ClN2O3S. The Labute approximate surface area is 123 Å². The number of rotatable bonds is 3. The molecule has 0 saturated heterocycles. The van der Waals surface area contributed by atoms with Crippen molar-refractivity contribution in [1.82, 2.24) is 5.43 Å². The molecule has 1 aromatic heterocycles. The van der Waals surface area contributed by atoms with Crippen molar-refractivity contribution in [2.24, 2.45) is 5.10 Å². The van der Waals surface area contributed by atoms with E-state index in [0.717, 1.165) is 0 Å². The Hall–Kier alpha value is -2.05. The summed E-state index contributed by atoms with van der Waals surface area (Å²) in [7, 11) is 0. The molecular weight excluding hydrogens is 300 g/mol. The van der Waals surface area contributed by atoms with Gasteiger partial charge in [-0.2, -0.15) is 5.10 Å². The summed E-state index contributed by atoms with van der Waals surface area (Å²) in [6, 6.07) is 6.97. The molecule has 1 amide bonds. The second-order valence-electron chi connectivity index (χ2n) is 3.91. The molecule has 102 valence electrons. The van der Waals surface area contributed by atoms with Gasteiger partial charge in [-0.15, -0.1) is 11.3 Å². The number of nitrogens with zero attached hydrogens (tertiary/aromatic N) is 1. The molecule has 0 radical (unpaired) electrons. The topological polar surface area (TPSA) is 59.9 Å². The summed E-state index contributed by atoms with van der Waals surface area (Å²) in [5.41, 5.74) is 3.16. The lowest BCUT2D eigenvalue weighted by atomic mass is 10.2. The second-order valence-corrected chi connectivity index (χ2v) is 5.27. The van der Waals surface area contributed by atoms with Crippen LogP contribution in [0.25, 0.3) is 0 Å². The molecule has 1 aliphatic heterocycles. The van der Waals surface area contributed by atoms with Crippen molar-refractivity contribution in [3.63, 3.8) is 0 Å². The zero-order valence-corrected chi connectivity index (χ0v) is 11.7. The molecule has 0 unspecified atom stereocenters. The van der Waals surface area contributed by atoms with Gasteiger partial charge in [0.05, 0.1) is 16.1 Å². The van der Waals surface area contributed by atoms with E-state index in [2.05, 4.69) is 10.5 Å². The molecule has 3 rings (SSSR count). The summed E-state index contributed by atoms with van der Waals surface area (Å²) < 4.78 is 10.5. The summed E-state index contributed by atoms with van der Waals surface area (Å²) in [6.07, 6.45) is 1.50. The normalized spacial score (nSPS) is 12.8. The highest BCUT2D eigenvalue weighted by molar-refractivity contribution is 7.12. The average molecular weight is 309 g/mol. The average Bonchev–Trinajstić information content (AvgIpc) is 3.09. The number of hydrogen-bond acceptors (Lipinski definition) is 5. The summed E-state index contributed by atoms with van der Waals surface area (Å²) in [4.78, 5) is 12.3. The van der Waals surface area contributed by atoms with Crippen LogP contribution >= 0.6 is 22.9 Å². The predicted molar refractivity (Wildman–Crippen MR) is 77.0 cm³/mol. The van der Waals surface area contributed by atoms with Crippen molar-refractivity contribution in [2.45, 2.75) is 0 Å². The molecule has 0 aliphatic carbocycles. The largest absolute Gasteiger partial charge is 0.454 e. The number of hydrazone groups is 1. The predicted octanol–water partition coefficient (Wildman–Crippen LogP) is 2.89. The lowest BCUT2D eigenvalue weighted by molar-refractivity contribution is 0.0959. The lowest BCUT2D eigenvalue weighted by Gasteiger charge is -2.01. The van der Waals surface area contributed by atoms with E-state index in [9.17, 15) is 4.79 Å². The van der Waals surface area contributed by atoms with E-state index in [-0.39, 0.29) is 12.7 Å². The van der Waals surface area contributed by atoms with Gasteiger partial charge < -0.3 is 9.47 Å². The fourth-order valence-corrected chi connectivity index (χ4v) is 2.58. The summed E-state index contributed by atoms with van der Waals surface area (Å²) in [5.74, 6) is 0.859. The molecule has 1 aliphatic rings. The van der Waals surface area contributed by atoms with Crippen LogP contribution < -0.4 is 14.9 Å². The van der Waals surface area contributed by atoms with Gasteiger partial charge in [0.2, 0.25) is 6.79 Å². The van der Waals surface area contributed by atoms with Crippen molar-refractivity contribution in [1.29, 1.82) is 0 Å². The van der Waals surface area contributed by atoms with Crippen molar-refractivity contribution in [2.75, 3.05) is 6.79 Å². The lowest BCUT2D eigenvalue weighted by Crippen LogP contribution is -2.16. The van der Waals surface area contributed by atoms with Crippen molar-refractivity contribution >= 4 is 35.1 Å². The van der Waals surface area contributed by atoms with Crippen LogP contribution in [0, 0.1) is 0 Å². The third-order valence-electron chi connectivity index (χ3n) is 2.57. The van der Waals surface area contributed by atoms with E-state index in [0.29, 0.717) is 27.0 Å². The fourth-order valence-electron chi connectivity index (χ4n) is 1.69. The molecule has 0 saturated carbocycles. The van der Waals surface area contributed by atoms with E-state index in [1.54, 1.807) is 24.3 Å². The van der Waals surface area contributed by atoms with Crippen LogP contribution in [-0.4, -0.2) is 18.9 Å². The fraction of sp³-hybridized carbons (Fsp3) is 0.0769. The molecule has 1 N–H and O–H groups in total. The van der Waals surface area contributed by atoms with Gasteiger partial charge in [0.15, 0.2) is 11.5 Å². The summed E-state index contributed by atoms with van der Waals surface area (Å²) in [6.45, 7) is 0.158. The van der Waals surface area contributed by atoms with Gasteiger partial charge in [-0.25, -0.2) is 5.43 Å². The quantitative estimate of drug-likeness (QED) is 0.700. The monoisotopic (exact) mass is 308 g/mol. The number of carbonyl (C=O) groups excluding carboxylic acids is 1. The Balaban J connectivity index is 1.70. The van der Waals surface area contributed by atoms with Crippen LogP contribution in [0.3, 0.4) is 0 Å². The minimum atomic E-state index is -0.247. The molecule has 20 heavy (non-hydrogen) atoms. The molecule has 0 spiro atoms. The maximum Gasteiger partial charge on any atom is 0.281 e. The first kappa shape index (κ1) is 13.0. The highest BCUT2D eigenvalue weighted by atomic mass is 35.5. The molecule has 0 bridgehead atoms. The Morgan fingerprint density at radius 2 is 2.35 bits per heavy atom. The van der Waals surface area contributed by atoms with Gasteiger partial charge >= 0.3 is 0 Å². The SMILES string of the molecule is O=C(N/N=C\c1cc(Cl)c2c(c1)OCO2)c1cccs1. The van der Waals surface area contributed by atoms with Gasteiger partial charge in [-0.1, -0.05) is 17.7 Å². The summed E-state index contributed by atoms with van der Waals surface area (Å²) in [5, 5.41) is 6.17. The molecule has 5 nitrogen and oxygen atoms in total. The van der Waals surface area contributed by atoms with Crippen molar-refractivity contribution in [3.05, 3.63) is 45.1 Å². The van der Waals surface area contributed by atoms with E-state index >= 15 is 0 Å². The van der Waals surface area contributed by atoms with Gasteiger partial charge in [-0.05, 0) is 29.1 Å². The minimum absolute atomic E-state index is 0.158. The summed E-state index contributed by atoms with van der Waals surface area (Å²) >= 11 is 7.40. The molecule has 2 aromatic rings. The van der Waals surface area contributed by atoms with Crippen LogP contribution in [0.2, 0.25) is 5.02 Å². The number of benzene rings is 1. The number of nitrogens with one attached hydrogen (secondary N) is 1. The Morgan fingerprint density at radius 1 is 1.45 bits per heavy atom. The van der Waals surface area contributed by atoms with Crippen LogP contribution in [0.1, 0.15) is 15.2 Å². The highest BCUT2D eigenvalue weighted by Gasteiger charge is 2.17. The maximum absolute atomic E-state index is 11.7. The third kappa shape index (κ3) is 2.61. The van der Waals surface area contributed by atoms with E-state index in [1.807, 2.05) is 5.38 Å². The standard InChI is InChI=1S/C13H9ClN2O3S/c14-9-4-8(5-10-12(9)19-7-18-10)6-15-16-13(17)11-2-1-3-20-11/h1-6H,7H2,(H,16,17)/b15-6-. The van der Waals surface area contributed by atoms with Gasteiger partial charge in [0.25, 0.3) is 5.91 Å². The van der Waals surface area contributed by atoms with Crippen LogP contribution in [0.5, 0.6) is 11.5 Å². The van der Waals surface area contributed by atoms with Gasteiger partial charge in [0.1, 0.15) is 0 Å². The number of amides is 1. The molecule has 0 atom stereocenters. The molecule has 1 aromatic carbocycles. The number of hydrogen-bond donors (Lipinski definition) is 1. The Morgan fingerprint density at radius 3 is 3.15 bits per heavy atom. The van der Waals surface area contributed by atoms with Gasteiger partial charge in [0, 0.05) is 0 Å². The van der Waals surface area contributed by atoms with Crippen LogP contribution in [-0.2, 0) is 0 Å². The van der Waals surface area contributed by atoms with E-state index < -0.39 is 0 Å². The smallest absolute Gasteiger partial charge is 0.281 e. The van der Waals surface area contributed by atoms with Crippen molar-refractivity contribution in [3.8, 4) is 11.5 Å². The maximum atomic E-state index is 11.7. The van der Waals surface area contributed by atoms with Crippen molar-refractivity contribution < 1.29 is 14.3 Å². The number of carbonyl (C=O) groups is 1. The first-order chi connectivity index (χ1) is 9.74. The molecule has 2 heterocycles. The molecule has 7 heteroatoms. The minimum Gasteiger partial charge on any atom is -0.454 e. The number of thiophene rings is 1. The zero-order valence-electron chi connectivity index (χ0n) is 10.1. The highest BCUT2D eigenvalue weighted by Crippen LogP contribution is 2.39. The van der Waals surface area contributed by atoms with E-state index in [1.165, 1.54) is 17.6 Å². The van der Waals surface area contributed by atoms with Crippen LogP contribution in [0.4, 0.5) is 0 Å². The number of ether oxygens (including phenoxy) is 2. The Kier molecular flexibility index (Phi) is 3.58. The Bertz CT molecular complexity index is 671. The number of halogens is 1.